The van der Waals surface area contributed by atoms with Gasteiger partial charge in [-0.1, -0.05) is 41.9 Å². The van der Waals surface area contributed by atoms with E-state index in [1.165, 1.54) is 4.90 Å². The molecule has 3 aromatic carbocycles. The number of halogens is 1. The number of para-hydroxylation sites is 1. The van der Waals surface area contributed by atoms with E-state index in [4.69, 9.17) is 16.3 Å². The summed E-state index contributed by atoms with van der Waals surface area (Å²) in [6.45, 7) is 2.12. The molecule has 36 heavy (non-hydrogen) atoms. The van der Waals surface area contributed by atoms with Crippen LogP contribution in [0.1, 0.15) is 29.3 Å². The molecule has 1 N–H and O–H groups in total. The van der Waals surface area contributed by atoms with Gasteiger partial charge >= 0.3 is 12.0 Å². The number of urea groups is 1. The van der Waals surface area contributed by atoms with Gasteiger partial charge < -0.3 is 15.0 Å². The van der Waals surface area contributed by atoms with Crippen LogP contribution in [0.3, 0.4) is 0 Å². The fraction of sp³-hybridized carbons (Fsp3) is 0.185. The maximum Gasteiger partial charge on any atom is 0.338 e. The first-order chi connectivity index (χ1) is 17.4. The van der Waals surface area contributed by atoms with Gasteiger partial charge in [0.15, 0.2) is 0 Å². The molecule has 0 unspecified atom stereocenters. The zero-order valence-electron chi connectivity index (χ0n) is 19.5. The van der Waals surface area contributed by atoms with Gasteiger partial charge in [0.25, 0.3) is 5.91 Å². The Morgan fingerprint density at radius 2 is 1.61 bits per heavy atom. The monoisotopic (exact) mass is 505 g/mol. The van der Waals surface area contributed by atoms with E-state index in [1.807, 2.05) is 0 Å². The van der Waals surface area contributed by atoms with Crippen LogP contribution in [0.4, 0.5) is 16.2 Å². The van der Waals surface area contributed by atoms with Crippen molar-refractivity contribution in [1.29, 1.82) is 0 Å². The second-order valence-corrected chi connectivity index (χ2v) is 8.55. The Labute approximate surface area is 213 Å². The number of carbonyl (C=O) groups excluding carboxylic acids is 4. The number of ether oxygens (including phenoxy) is 1. The molecule has 0 aliphatic carbocycles. The highest BCUT2D eigenvalue weighted by Crippen LogP contribution is 2.29. The molecule has 0 aromatic heterocycles. The molecule has 0 bridgehead atoms. The molecular weight excluding hydrogens is 482 g/mol. The second-order valence-electron chi connectivity index (χ2n) is 8.11. The summed E-state index contributed by atoms with van der Waals surface area (Å²) in [5, 5.41) is 3.29. The van der Waals surface area contributed by atoms with E-state index in [-0.39, 0.29) is 19.6 Å². The lowest BCUT2D eigenvalue weighted by atomic mass is 10.1. The van der Waals surface area contributed by atoms with Gasteiger partial charge in [-0.25, -0.2) is 14.5 Å². The first-order valence-corrected chi connectivity index (χ1v) is 11.8. The van der Waals surface area contributed by atoms with Crippen molar-refractivity contribution in [2.45, 2.75) is 25.9 Å². The van der Waals surface area contributed by atoms with Crippen LogP contribution in [0.5, 0.6) is 0 Å². The summed E-state index contributed by atoms with van der Waals surface area (Å²) < 4.78 is 4.96. The maximum absolute atomic E-state index is 13.4. The summed E-state index contributed by atoms with van der Waals surface area (Å²) in [6, 6.07) is 20.3. The molecule has 3 aromatic rings. The molecule has 1 aliphatic rings. The molecule has 1 fully saturated rings. The van der Waals surface area contributed by atoms with E-state index < -0.39 is 29.9 Å². The lowest BCUT2D eigenvalue weighted by Crippen LogP contribution is -2.37. The molecule has 4 rings (SSSR count). The third-order valence-electron chi connectivity index (χ3n) is 5.66. The Kier molecular flexibility index (Phi) is 7.65. The number of benzene rings is 3. The van der Waals surface area contributed by atoms with Gasteiger partial charge in [-0.3, -0.25) is 9.59 Å². The van der Waals surface area contributed by atoms with Gasteiger partial charge in [0.2, 0.25) is 5.91 Å². The second kappa shape index (κ2) is 11.0. The van der Waals surface area contributed by atoms with Crippen LogP contribution in [-0.2, 0) is 20.9 Å². The number of hydrogen-bond donors (Lipinski definition) is 1. The number of rotatable bonds is 8. The molecule has 0 radical (unpaired) electrons. The summed E-state index contributed by atoms with van der Waals surface area (Å²) in [7, 11) is 0. The van der Waals surface area contributed by atoms with E-state index in [0.717, 1.165) is 10.5 Å². The van der Waals surface area contributed by atoms with Crippen LogP contribution in [0, 0.1) is 0 Å². The van der Waals surface area contributed by atoms with E-state index in [2.05, 4.69) is 5.32 Å². The molecular formula is C27H24ClN3O5. The van der Waals surface area contributed by atoms with E-state index in [1.54, 1.807) is 85.8 Å². The minimum Gasteiger partial charge on any atom is -0.462 e. The number of imide groups is 1. The Hall–Kier alpha value is -4.17. The molecule has 1 aliphatic heterocycles. The summed E-state index contributed by atoms with van der Waals surface area (Å²) in [5.74, 6) is -1.38. The first kappa shape index (κ1) is 24.9. The smallest absolute Gasteiger partial charge is 0.338 e. The average Bonchev–Trinajstić information content (AvgIpc) is 3.10. The van der Waals surface area contributed by atoms with E-state index in [9.17, 15) is 19.2 Å². The third-order valence-corrected chi connectivity index (χ3v) is 5.91. The minimum absolute atomic E-state index is 0.136. The number of anilines is 2. The van der Waals surface area contributed by atoms with Gasteiger partial charge in [-0.2, -0.15) is 0 Å². The Morgan fingerprint density at radius 1 is 0.944 bits per heavy atom. The lowest BCUT2D eigenvalue weighted by Gasteiger charge is -2.21. The van der Waals surface area contributed by atoms with Crippen LogP contribution in [0.15, 0.2) is 78.9 Å². The SMILES string of the molecule is CCOC(=O)c1ccc(NC(=O)C[C@@H]2C(=O)N(c3ccccc3)C(=O)N2Cc2ccc(Cl)cc2)cc1. The van der Waals surface area contributed by atoms with Gasteiger partial charge in [0.05, 0.1) is 24.3 Å². The van der Waals surface area contributed by atoms with Gasteiger partial charge in [-0.15, -0.1) is 0 Å². The molecule has 1 heterocycles. The molecule has 8 nitrogen and oxygen atoms in total. The van der Waals surface area contributed by atoms with Crippen molar-refractivity contribution in [2.75, 3.05) is 16.8 Å². The van der Waals surface area contributed by atoms with E-state index in [0.29, 0.717) is 22.0 Å². The molecule has 1 atom stereocenters. The van der Waals surface area contributed by atoms with Crippen molar-refractivity contribution >= 4 is 46.8 Å². The normalized spacial score (nSPS) is 15.2. The quantitative estimate of drug-likeness (QED) is 0.347. The highest BCUT2D eigenvalue weighted by molar-refractivity contribution is 6.30. The largest absolute Gasteiger partial charge is 0.462 e. The first-order valence-electron chi connectivity index (χ1n) is 11.4. The summed E-state index contributed by atoms with van der Waals surface area (Å²) >= 11 is 5.98. The average molecular weight is 506 g/mol. The van der Waals surface area contributed by atoms with Crippen LogP contribution in [0.2, 0.25) is 5.02 Å². The predicted octanol–water partition coefficient (Wildman–Crippen LogP) is 4.88. The Bertz CT molecular complexity index is 1260. The molecule has 0 saturated carbocycles. The Balaban J connectivity index is 1.53. The Morgan fingerprint density at radius 3 is 2.25 bits per heavy atom. The number of carbonyl (C=O) groups is 4. The summed E-state index contributed by atoms with van der Waals surface area (Å²) in [5.41, 5.74) is 2.02. The third kappa shape index (κ3) is 5.55. The zero-order valence-corrected chi connectivity index (χ0v) is 20.3. The fourth-order valence-electron chi connectivity index (χ4n) is 3.91. The van der Waals surface area contributed by atoms with Crippen LogP contribution in [-0.4, -0.2) is 41.4 Å². The van der Waals surface area contributed by atoms with Crippen molar-refractivity contribution in [3.8, 4) is 0 Å². The van der Waals surface area contributed by atoms with Gasteiger partial charge in [-0.05, 0) is 61.0 Å². The number of amides is 4. The van der Waals surface area contributed by atoms with Crippen LogP contribution < -0.4 is 10.2 Å². The standard InChI is InChI=1S/C27H24ClN3O5/c1-2-36-26(34)19-10-14-21(15-11-19)29-24(32)16-23-25(33)31(22-6-4-3-5-7-22)27(35)30(23)17-18-8-12-20(28)13-9-18/h3-15,23H,2,16-17H2,1H3,(H,29,32)/t23-/m1/s1. The number of hydrogen-bond acceptors (Lipinski definition) is 5. The van der Waals surface area contributed by atoms with Gasteiger partial charge in [0, 0.05) is 17.3 Å². The molecule has 9 heteroatoms. The summed E-state index contributed by atoms with van der Waals surface area (Å²) in [4.78, 5) is 53.9. The topological polar surface area (TPSA) is 96.0 Å². The van der Waals surface area contributed by atoms with Crippen LogP contribution >= 0.6 is 11.6 Å². The number of nitrogens with one attached hydrogen (secondary N) is 1. The lowest BCUT2D eigenvalue weighted by molar-refractivity contribution is -0.124. The van der Waals surface area contributed by atoms with Crippen molar-refractivity contribution in [2.24, 2.45) is 0 Å². The minimum atomic E-state index is -0.993. The molecule has 4 amide bonds. The highest BCUT2D eigenvalue weighted by Gasteiger charge is 2.46. The predicted molar refractivity (Wildman–Crippen MR) is 136 cm³/mol. The van der Waals surface area contributed by atoms with Crippen molar-refractivity contribution in [1.82, 2.24) is 4.90 Å². The fourth-order valence-corrected chi connectivity index (χ4v) is 4.03. The van der Waals surface area contributed by atoms with Crippen LogP contribution in [0.25, 0.3) is 0 Å². The number of nitrogens with zero attached hydrogens (tertiary/aromatic N) is 2. The zero-order chi connectivity index (χ0) is 25.7. The number of esters is 1. The maximum atomic E-state index is 13.4. The van der Waals surface area contributed by atoms with Crippen molar-refractivity contribution in [3.63, 3.8) is 0 Å². The van der Waals surface area contributed by atoms with E-state index >= 15 is 0 Å². The molecule has 1 saturated heterocycles. The highest BCUT2D eigenvalue weighted by atomic mass is 35.5. The van der Waals surface area contributed by atoms with Crippen molar-refractivity contribution in [3.05, 3.63) is 95.0 Å². The summed E-state index contributed by atoms with van der Waals surface area (Å²) in [6.07, 6.45) is -0.235. The van der Waals surface area contributed by atoms with Gasteiger partial charge in [0.1, 0.15) is 6.04 Å². The molecule has 0 spiro atoms. The molecule has 184 valence electrons. The van der Waals surface area contributed by atoms with Crippen molar-refractivity contribution < 1.29 is 23.9 Å².